The van der Waals surface area contributed by atoms with Crippen LogP contribution in [0.3, 0.4) is 0 Å². The molecule has 3 aromatic heterocycles. The Morgan fingerprint density at radius 1 is 0.921 bits per heavy atom. The highest BCUT2D eigenvalue weighted by Gasteiger charge is 2.10. The molecule has 0 spiro atoms. The molecular formula is C30H22N6OS. The van der Waals surface area contributed by atoms with Crippen LogP contribution in [0.2, 0.25) is 0 Å². The van der Waals surface area contributed by atoms with Gasteiger partial charge in [0.05, 0.1) is 26.1 Å². The molecule has 0 bridgehead atoms. The molecule has 0 unspecified atom stereocenters. The van der Waals surface area contributed by atoms with Gasteiger partial charge in [-0.2, -0.15) is 0 Å². The van der Waals surface area contributed by atoms with Crippen LogP contribution < -0.4 is 10.6 Å². The maximum atomic E-state index is 11.3. The zero-order chi connectivity index (χ0) is 25.9. The van der Waals surface area contributed by atoms with Crippen molar-refractivity contribution < 1.29 is 4.79 Å². The van der Waals surface area contributed by atoms with Gasteiger partial charge in [-0.1, -0.05) is 48.2 Å². The van der Waals surface area contributed by atoms with Crippen LogP contribution in [0, 0.1) is 11.8 Å². The third-order valence-electron chi connectivity index (χ3n) is 5.83. The standard InChI is InChI=1S/C30H22N6OS/c1-19(37)33-22-9-5-8-21(14-22)10-12-24-17-27-29(38-24)30(32-18-31-27)34-23-11-13-25-26(16-23)36-28(35-25)15-20-6-3-2-4-7-20/h2-9,11,13-14,16-18H,15H2,1H3,(H,33,37)(H,35,36)(H,31,32,34). The lowest BCUT2D eigenvalue weighted by Crippen LogP contribution is -2.05. The third-order valence-corrected chi connectivity index (χ3v) is 6.88. The Balaban J connectivity index is 1.24. The van der Waals surface area contributed by atoms with Crippen LogP contribution in [-0.4, -0.2) is 25.8 Å². The minimum Gasteiger partial charge on any atom is -0.342 e. The van der Waals surface area contributed by atoms with E-state index in [4.69, 9.17) is 4.98 Å². The number of anilines is 3. The molecule has 8 heteroatoms. The minimum atomic E-state index is -0.113. The summed E-state index contributed by atoms with van der Waals surface area (Å²) < 4.78 is 0.929. The summed E-state index contributed by atoms with van der Waals surface area (Å²) in [4.78, 5) is 29.3. The lowest BCUT2D eigenvalue weighted by atomic mass is 10.1. The molecule has 38 heavy (non-hydrogen) atoms. The van der Waals surface area contributed by atoms with Gasteiger partial charge in [-0.05, 0) is 48.0 Å². The normalized spacial score (nSPS) is 10.8. The summed E-state index contributed by atoms with van der Waals surface area (Å²) in [5, 5.41) is 6.22. The number of nitrogens with one attached hydrogen (secondary N) is 3. The van der Waals surface area contributed by atoms with Gasteiger partial charge >= 0.3 is 0 Å². The molecule has 3 aromatic carbocycles. The first-order valence-electron chi connectivity index (χ1n) is 12.0. The van der Waals surface area contributed by atoms with Crippen molar-refractivity contribution in [1.29, 1.82) is 0 Å². The number of benzene rings is 3. The summed E-state index contributed by atoms with van der Waals surface area (Å²) >= 11 is 1.54. The van der Waals surface area contributed by atoms with E-state index in [2.05, 4.69) is 49.6 Å². The number of fused-ring (bicyclic) bond motifs is 2. The summed E-state index contributed by atoms with van der Waals surface area (Å²) in [7, 11) is 0. The van der Waals surface area contributed by atoms with Crippen LogP contribution in [-0.2, 0) is 11.2 Å². The van der Waals surface area contributed by atoms with Gasteiger partial charge in [0.2, 0.25) is 5.91 Å². The quantitative estimate of drug-likeness (QED) is 0.236. The molecular weight excluding hydrogens is 492 g/mol. The number of rotatable bonds is 5. The molecule has 3 heterocycles. The van der Waals surface area contributed by atoms with Crippen LogP contribution >= 0.6 is 11.3 Å². The number of hydrogen-bond acceptors (Lipinski definition) is 6. The molecule has 0 aliphatic rings. The molecule has 0 fully saturated rings. The molecule has 0 radical (unpaired) electrons. The molecule has 0 saturated heterocycles. The first-order chi connectivity index (χ1) is 18.6. The second-order valence-corrected chi connectivity index (χ2v) is 9.81. The molecule has 184 valence electrons. The molecule has 0 aliphatic carbocycles. The van der Waals surface area contributed by atoms with Crippen LogP contribution in [0.25, 0.3) is 21.3 Å². The van der Waals surface area contributed by atoms with Crippen LogP contribution in [0.4, 0.5) is 17.2 Å². The predicted molar refractivity (Wildman–Crippen MR) is 153 cm³/mol. The number of carbonyl (C=O) groups is 1. The fraction of sp³-hybridized carbons (Fsp3) is 0.0667. The number of amides is 1. The van der Waals surface area contributed by atoms with E-state index in [-0.39, 0.29) is 5.91 Å². The summed E-state index contributed by atoms with van der Waals surface area (Å²) in [5.41, 5.74) is 6.37. The molecule has 6 rings (SSSR count). The van der Waals surface area contributed by atoms with E-state index >= 15 is 0 Å². The number of H-pyrrole nitrogens is 1. The number of hydrogen-bond donors (Lipinski definition) is 3. The zero-order valence-electron chi connectivity index (χ0n) is 20.4. The Morgan fingerprint density at radius 3 is 2.68 bits per heavy atom. The van der Waals surface area contributed by atoms with Crippen molar-refractivity contribution in [2.24, 2.45) is 0 Å². The summed E-state index contributed by atoms with van der Waals surface area (Å²) in [5.74, 6) is 7.93. The van der Waals surface area contributed by atoms with Crippen molar-refractivity contribution in [2.45, 2.75) is 13.3 Å². The van der Waals surface area contributed by atoms with E-state index < -0.39 is 0 Å². The number of thiophene rings is 1. The van der Waals surface area contributed by atoms with Gasteiger partial charge in [0.1, 0.15) is 12.2 Å². The van der Waals surface area contributed by atoms with E-state index in [0.717, 1.165) is 61.1 Å². The summed E-state index contributed by atoms with van der Waals surface area (Å²) in [6.07, 6.45) is 2.31. The topological polar surface area (TPSA) is 95.6 Å². The highest BCUT2D eigenvalue weighted by molar-refractivity contribution is 7.20. The highest BCUT2D eigenvalue weighted by Crippen LogP contribution is 2.31. The molecule has 7 nitrogen and oxygen atoms in total. The van der Waals surface area contributed by atoms with Crippen molar-refractivity contribution in [3.63, 3.8) is 0 Å². The van der Waals surface area contributed by atoms with Gasteiger partial charge in [0.15, 0.2) is 5.82 Å². The van der Waals surface area contributed by atoms with Crippen LogP contribution in [0.1, 0.15) is 28.8 Å². The first kappa shape index (κ1) is 23.4. The molecule has 0 saturated carbocycles. The lowest BCUT2D eigenvalue weighted by molar-refractivity contribution is -0.114. The Kier molecular flexibility index (Phi) is 6.26. The molecule has 3 N–H and O–H groups in total. The number of aromatic nitrogens is 4. The van der Waals surface area contributed by atoms with Gasteiger partial charge < -0.3 is 15.6 Å². The van der Waals surface area contributed by atoms with E-state index in [9.17, 15) is 4.79 Å². The SMILES string of the molecule is CC(=O)Nc1cccc(C#Cc2cc3ncnc(Nc4ccc5nc(Cc6ccccc6)[nH]c5c4)c3s2)c1. The molecule has 0 atom stereocenters. The maximum absolute atomic E-state index is 11.3. The van der Waals surface area contributed by atoms with Gasteiger partial charge in [-0.25, -0.2) is 15.0 Å². The number of carbonyl (C=O) groups excluding carboxylic acids is 1. The van der Waals surface area contributed by atoms with E-state index in [0.29, 0.717) is 0 Å². The summed E-state index contributed by atoms with van der Waals surface area (Å²) in [6.45, 7) is 1.48. The van der Waals surface area contributed by atoms with Gasteiger partial charge in [-0.15, -0.1) is 11.3 Å². The highest BCUT2D eigenvalue weighted by atomic mass is 32.1. The first-order valence-corrected chi connectivity index (χ1v) is 12.8. The molecule has 1 amide bonds. The second-order valence-electron chi connectivity index (χ2n) is 8.76. The van der Waals surface area contributed by atoms with Crippen molar-refractivity contribution in [2.75, 3.05) is 10.6 Å². The zero-order valence-corrected chi connectivity index (χ0v) is 21.3. The molecule has 6 aromatic rings. The smallest absolute Gasteiger partial charge is 0.221 e. The predicted octanol–water partition coefficient (Wildman–Crippen LogP) is 6.26. The van der Waals surface area contributed by atoms with Crippen LogP contribution in [0.15, 0.2) is 85.2 Å². The Hall–Kier alpha value is -5.00. The van der Waals surface area contributed by atoms with Crippen LogP contribution in [0.5, 0.6) is 0 Å². The minimum absolute atomic E-state index is 0.113. The monoisotopic (exact) mass is 514 g/mol. The Morgan fingerprint density at radius 2 is 1.82 bits per heavy atom. The Labute approximate surface area is 223 Å². The largest absolute Gasteiger partial charge is 0.342 e. The van der Waals surface area contributed by atoms with E-state index in [1.165, 1.54) is 23.8 Å². The van der Waals surface area contributed by atoms with Gasteiger partial charge in [0.25, 0.3) is 0 Å². The average molecular weight is 515 g/mol. The fourth-order valence-electron chi connectivity index (χ4n) is 4.17. The molecule has 0 aliphatic heterocycles. The lowest BCUT2D eigenvalue weighted by Gasteiger charge is -2.05. The number of imidazole rings is 1. The van der Waals surface area contributed by atoms with Gasteiger partial charge in [-0.3, -0.25) is 4.79 Å². The fourth-order valence-corrected chi connectivity index (χ4v) is 5.08. The van der Waals surface area contributed by atoms with Crippen molar-refractivity contribution >= 4 is 55.7 Å². The van der Waals surface area contributed by atoms with Crippen molar-refractivity contribution in [3.8, 4) is 11.8 Å². The summed E-state index contributed by atoms with van der Waals surface area (Å²) in [6, 6.07) is 25.8. The van der Waals surface area contributed by atoms with E-state index in [1.807, 2.05) is 66.7 Å². The van der Waals surface area contributed by atoms with Crippen molar-refractivity contribution in [1.82, 2.24) is 19.9 Å². The van der Waals surface area contributed by atoms with Crippen molar-refractivity contribution in [3.05, 3.63) is 107 Å². The van der Waals surface area contributed by atoms with Gasteiger partial charge in [0, 0.05) is 30.3 Å². The maximum Gasteiger partial charge on any atom is 0.221 e. The van der Waals surface area contributed by atoms with E-state index in [1.54, 1.807) is 6.33 Å². The number of nitrogens with zero attached hydrogens (tertiary/aromatic N) is 3. The Bertz CT molecular complexity index is 1850. The second kappa shape index (κ2) is 10.2. The third kappa shape index (κ3) is 5.24. The average Bonchev–Trinajstić information content (AvgIpc) is 3.51. The number of aromatic amines is 1.